The predicted molar refractivity (Wildman–Crippen MR) is 60.2 cm³/mol. The number of hydrogen-bond donors (Lipinski definition) is 0. The maximum atomic E-state index is 10.9. The number of rotatable bonds is 2. The van der Waals surface area contributed by atoms with Gasteiger partial charge >= 0.3 is 5.97 Å². The Morgan fingerprint density at radius 1 is 1.47 bits per heavy atom. The van der Waals surface area contributed by atoms with Gasteiger partial charge in [-0.15, -0.1) is 0 Å². The molecule has 1 rings (SSSR count). The molecule has 1 aliphatic rings. The molecule has 2 nitrogen and oxygen atoms in total. The second kappa shape index (κ2) is 5.21. The van der Waals surface area contributed by atoms with E-state index < -0.39 is 5.60 Å². The molecule has 1 aliphatic carbocycles. The topological polar surface area (TPSA) is 26.3 Å². The highest BCUT2D eigenvalue weighted by Crippen LogP contribution is 2.24. The first-order valence-corrected chi connectivity index (χ1v) is 5.78. The van der Waals surface area contributed by atoms with Crippen LogP contribution < -0.4 is 0 Å². The number of hydrogen-bond acceptors (Lipinski definition) is 2. The van der Waals surface area contributed by atoms with Crippen LogP contribution in [0.15, 0.2) is 0 Å². The zero-order chi connectivity index (χ0) is 11.3. The van der Waals surface area contributed by atoms with Crippen molar-refractivity contribution in [1.82, 2.24) is 0 Å². The van der Waals surface area contributed by atoms with E-state index in [9.17, 15) is 4.79 Å². The van der Waals surface area contributed by atoms with E-state index in [1.807, 2.05) is 13.8 Å². The lowest BCUT2D eigenvalue weighted by Gasteiger charge is -2.21. The highest BCUT2D eigenvalue weighted by atomic mass is 16.6. The first kappa shape index (κ1) is 12.1. The van der Waals surface area contributed by atoms with Crippen LogP contribution in [-0.4, -0.2) is 11.6 Å². The Morgan fingerprint density at radius 2 is 2.07 bits per heavy atom. The minimum atomic E-state index is -0.589. The van der Waals surface area contributed by atoms with E-state index in [-0.39, 0.29) is 5.97 Å². The van der Waals surface area contributed by atoms with Gasteiger partial charge in [0.05, 0.1) is 0 Å². The summed E-state index contributed by atoms with van der Waals surface area (Å²) in [5.41, 5.74) is -0.589. The number of ether oxygens (including phenoxy) is 1. The second-order valence-electron chi connectivity index (χ2n) is 4.43. The summed E-state index contributed by atoms with van der Waals surface area (Å²) < 4.78 is 5.23. The summed E-state index contributed by atoms with van der Waals surface area (Å²) in [4.78, 5) is 10.9. The molecule has 0 aromatic heterocycles. The first-order valence-electron chi connectivity index (χ1n) is 5.78. The van der Waals surface area contributed by atoms with Crippen molar-refractivity contribution in [3.8, 4) is 11.8 Å². The summed E-state index contributed by atoms with van der Waals surface area (Å²) in [6.45, 7) is 5.31. The summed E-state index contributed by atoms with van der Waals surface area (Å²) in [6, 6.07) is 0. The van der Waals surface area contributed by atoms with Gasteiger partial charge in [0.25, 0.3) is 0 Å². The van der Waals surface area contributed by atoms with E-state index in [4.69, 9.17) is 4.74 Å². The van der Waals surface area contributed by atoms with Crippen LogP contribution in [0.2, 0.25) is 0 Å². The quantitative estimate of drug-likeness (QED) is 0.515. The smallest absolute Gasteiger partial charge is 0.304 e. The molecule has 0 aromatic rings. The van der Waals surface area contributed by atoms with Gasteiger partial charge in [-0.25, -0.2) is 0 Å². The van der Waals surface area contributed by atoms with Gasteiger partial charge < -0.3 is 4.74 Å². The molecule has 0 N–H and O–H groups in total. The minimum absolute atomic E-state index is 0.250. The SMILES string of the molecule is CCC(C)(C#CC1CCCC1)OC(C)=O. The fourth-order valence-corrected chi connectivity index (χ4v) is 1.83. The maximum Gasteiger partial charge on any atom is 0.304 e. The van der Waals surface area contributed by atoms with E-state index >= 15 is 0 Å². The lowest BCUT2D eigenvalue weighted by atomic mass is 10.0. The maximum absolute atomic E-state index is 10.9. The summed E-state index contributed by atoms with van der Waals surface area (Å²) in [7, 11) is 0. The van der Waals surface area contributed by atoms with Crippen LogP contribution in [0.3, 0.4) is 0 Å². The molecule has 0 spiro atoms. The Kier molecular flexibility index (Phi) is 4.20. The Balaban J connectivity index is 2.60. The third-order valence-electron chi connectivity index (χ3n) is 2.94. The number of carbonyl (C=O) groups is 1. The van der Waals surface area contributed by atoms with Crippen molar-refractivity contribution in [3.05, 3.63) is 0 Å². The van der Waals surface area contributed by atoms with E-state index in [1.165, 1.54) is 32.6 Å². The Bertz CT molecular complexity index is 279. The molecule has 1 unspecified atom stereocenters. The van der Waals surface area contributed by atoms with Crippen molar-refractivity contribution in [2.24, 2.45) is 5.92 Å². The van der Waals surface area contributed by atoms with E-state index in [2.05, 4.69) is 11.8 Å². The zero-order valence-corrected chi connectivity index (χ0v) is 9.93. The predicted octanol–water partition coefficient (Wildman–Crippen LogP) is 2.91. The zero-order valence-electron chi connectivity index (χ0n) is 9.93. The Hall–Kier alpha value is -0.970. The van der Waals surface area contributed by atoms with Crippen molar-refractivity contribution < 1.29 is 9.53 Å². The summed E-state index contributed by atoms with van der Waals surface area (Å²) in [6.07, 6.45) is 5.72. The molecule has 0 saturated heterocycles. The summed E-state index contributed by atoms with van der Waals surface area (Å²) in [5, 5.41) is 0. The van der Waals surface area contributed by atoms with Crippen LogP contribution in [0.25, 0.3) is 0 Å². The van der Waals surface area contributed by atoms with Crippen LogP contribution in [-0.2, 0) is 9.53 Å². The van der Waals surface area contributed by atoms with Gasteiger partial charge in [0.1, 0.15) is 0 Å². The largest absolute Gasteiger partial charge is 0.446 e. The van der Waals surface area contributed by atoms with Gasteiger partial charge in [-0.1, -0.05) is 31.6 Å². The molecule has 1 saturated carbocycles. The molecule has 0 radical (unpaired) electrons. The van der Waals surface area contributed by atoms with Crippen molar-refractivity contribution in [1.29, 1.82) is 0 Å². The summed E-state index contributed by atoms with van der Waals surface area (Å²) in [5.74, 6) is 6.65. The lowest BCUT2D eigenvalue weighted by molar-refractivity contribution is -0.150. The fourth-order valence-electron chi connectivity index (χ4n) is 1.83. The molecule has 0 aliphatic heterocycles. The molecule has 0 bridgehead atoms. The van der Waals surface area contributed by atoms with Crippen LogP contribution in [0, 0.1) is 17.8 Å². The molecule has 1 fully saturated rings. The highest BCUT2D eigenvalue weighted by molar-refractivity contribution is 5.67. The van der Waals surface area contributed by atoms with Gasteiger partial charge in [-0.3, -0.25) is 4.79 Å². The van der Waals surface area contributed by atoms with Crippen LogP contribution >= 0.6 is 0 Å². The van der Waals surface area contributed by atoms with Gasteiger partial charge in [-0.05, 0) is 26.2 Å². The molecule has 0 amide bonds. The molecular weight excluding hydrogens is 188 g/mol. The van der Waals surface area contributed by atoms with Crippen molar-refractivity contribution >= 4 is 5.97 Å². The molecule has 0 aromatic carbocycles. The molecule has 84 valence electrons. The van der Waals surface area contributed by atoms with Crippen LogP contribution in [0.5, 0.6) is 0 Å². The lowest BCUT2D eigenvalue weighted by Crippen LogP contribution is -2.28. The third kappa shape index (κ3) is 3.95. The fraction of sp³-hybridized carbons (Fsp3) is 0.769. The van der Waals surface area contributed by atoms with Crippen molar-refractivity contribution in [3.63, 3.8) is 0 Å². The molecule has 0 heterocycles. The standard InChI is InChI=1S/C13H20O2/c1-4-13(3,15-11(2)14)10-9-12-7-5-6-8-12/h12H,4-8H2,1-3H3. The van der Waals surface area contributed by atoms with Gasteiger partial charge in [-0.2, -0.15) is 0 Å². The van der Waals surface area contributed by atoms with Crippen LogP contribution in [0.1, 0.15) is 52.9 Å². The van der Waals surface area contributed by atoms with Crippen LogP contribution in [0.4, 0.5) is 0 Å². The second-order valence-corrected chi connectivity index (χ2v) is 4.43. The summed E-state index contributed by atoms with van der Waals surface area (Å²) >= 11 is 0. The molecule has 15 heavy (non-hydrogen) atoms. The van der Waals surface area contributed by atoms with E-state index in [1.54, 1.807) is 0 Å². The Labute approximate surface area is 92.4 Å². The average Bonchev–Trinajstić information content (AvgIpc) is 2.66. The minimum Gasteiger partial charge on any atom is -0.446 e. The van der Waals surface area contributed by atoms with Gasteiger partial charge in [0.2, 0.25) is 0 Å². The third-order valence-corrected chi connectivity index (χ3v) is 2.94. The molecule has 1 atom stereocenters. The van der Waals surface area contributed by atoms with E-state index in [0.29, 0.717) is 5.92 Å². The normalized spacial score (nSPS) is 20.2. The highest BCUT2D eigenvalue weighted by Gasteiger charge is 2.23. The first-order chi connectivity index (χ1) is 7.06. The average molecular weight is 208 g/mol. The van der Waals surface area contributed by atoms with E-state index in [0.717, 1.165) is 6.42 Å². The van der Waals surface area contributed by atoms with Crippen molar-refractivity contribution in [2.75, 3.05) is 0 Å². The molecular formula is C13H20O2. The number of carbonyl (C=O) groups excluding carboxylic acids is 1. The molecule has 2 heteroatoms. The monoisotopic (exact) mass is 208 g/mol. The van der Waals surface area contributed by atoms with Gasteiger partial charge in [0.15, 0.2) is 5.60 Å². The van der Waals surface area contributed by atoms with Crippen molar-refractivity contribution in [2.45, 2.75) is 58.5 Å². The number of esters is 1. The Morgan fingerprint density at radius 3 is 2.53 bits per heavy atom. The van der Waals surface area contributed by atoms with Gasteiger partial charge in [0, 0.05) is 12.8 Å².